The van der Waals surface area contributed by atoms with Crippen LogP contribution in [0.4, 0.5) is 0 Å². The van der Waals surface area contributed by atoms with Gasteiger partial charge < -0.3 is 0 Å². The Balaban J connectivity index is 3.24. The molecule has 0 radical (unpaired) electrons. The molecular weight excluding hydrogens is 182 g/mol. The Morgan fingerprint density at radius 2 is 2.00 bits per heavy atom. The van der Waals surface area contributed by atoms with Crippen molar-refractivity contribution in [3.05, 3.63) is 34.4 Å². The largest absolute Gasteiger partial charge is 0.192 e. The molecule has 0 N–H and O–H groups in total. The number of rotatable bonds is 3. The number of hydrogen-bond acceptors (Lipinski definition) is 1. The summed E-state index contributed by atoms with van der Waals surface area (Å²) in [5.41, 5.74) is 4.76. The molecule has 0 aliphatic carbocycles. The lowest BCUT2D eigenvalue weighted by Crippen LogP contribution is -2.03. The van der Waals surface area contributed by atoms with Gasteiger partial charge >= 0.3 is 0 Å². The van der Waals surface area contributed by atoms with Crippen molar-refractivity contribution in [1.82, 2.24) is 0 Å². The standard InChI is InChI=1S/C14H19N/c1-5-12-6-7-13(9-15)14(11(12)4)8-10(2)3/h6-7,10H,5,8H2,1-4H3. The molecular formula is C14H19N. The summed E-state index contributed by atoms with van der Waals surface area (Å²) in [5.74, 6) is 0.600. The van der Waals surface area contributed by atoms with Crippen LogP contribution in [0, 0.1) is 24.2 Å². The minimum atomic E-state index is 0.600. The van der Waals surface area contributed by atoms with Crippen molar-refractivity contribution in [2.24, 2.45) is 5.92 Å². The van der Waals surface area contributed by atoms with Gasteiger partial charge in [-0.3, -0.25) is 0 Å². The minimum Gasteiger partial charge on any atom is -0.192 e. The summed E-state index contributed by atoms with van der Waals surface area (Å²) in [6, 6.07) is 6.34. The predicted octanol–water partition coefficient (Wildman–Crippen LogP) is 3.63. The molecule has 0 unspecified atom stereocenters. The van der Waals surface area contributed by atoms with Crippen molar-refractivity contribution >= 4 is 0 Å². The fraction of sp³-hybridized carbons (Fsp3) is 0.500. The maximum absolute atomic E-state index is 9.07. The number of hydrogen-bond donors (Lipinski definition) is 0. The molecule has 0 bridgehead atoms. The topological polar surface area (TPSA) is 23.8 Å². The monoisotopic (exact) mass is 201 g/mol. The smallest absolute Gasteiger partial charge is 0.0994 e. The van der Waals surface area contributed by atoms with Crippen molar-refractivity contribution in [2.75, 3.05) is 0 Å². The van der Waals surface area contributed by atoms with Crippen molar-refractivity contribution in [3.63, 3.8) is 0 Å². The Kier molecular flexibility index (Phi) is 3.91. The van der Waals surface area contributed by atoms with E-state index < -0.39 is 0 Å². The molecule has 0 amide bonds. The lowest BCUT2D eigenvalue weighted by atomic mass is 9.90. The van der Waals surface area contributed by atoms with Gasteiger partial charge in [-0.15, -0.1) is 0 Å². The van der Waals surface area contributed by atoms with Crippen molar-refractivity contribution in [2.45, 2.75) is 40.5 Å². The van der Waals surface area contributed by atoms with Crippen LogP contribution in [0.15, 0.2) is 12.1 Å². The van der Waals surface area contributed by atoms with Crippen molar-refractivity contribution in [1.29, 1.82) is 5.26 Å². The first kappa shape index (κ1) is 11.8. The number of nitriles is 1. The van der Waals surface area contributed by atoms with Crippen LogP contribution >= 0.6 is 0 Å². The molecule has 1 rings (SSSR count). The maximum atomic E-state index is 9.07. The summed E-state index contributed by atoms with van der Waals surface area (Å²) in [7, 11) is 0. The summed E-state index contributed by atoms with van der Waals surface area (Å²) in [4.78, 5) is 0. The fourth-order valence-corrected chi connectivity index (χ4v) is 1.96. The second kappa shape index (κ2) is 4.98. The van der Waals surface area contributed by atoms with Crippen LogP contribution in [0.2, 0.25) is 0 Å². The quantitative estimate of drug-likeness (QED) is 0.732. The molecule has 1 aromatic rings. The Hall–Kier alpha value is -1.29. The van der Waals surface area contributed by atoms with Crippen LogP contribution in [0.25, 0.3) is 0 Å². The molecule has 80 valence electrons. The summed E-state index contributed by atoms with van der Waals surface area (Å²) < 4.78 is 0. The fourth-order valence-electron chi connectivity index (χ4n) is 1.96. The molecule has 0 atom stereocenters. The first-order valence-corrected chi connectivity index (χ1v) is 5.61. The molecule has 1 heteroatoms. The SMILES string of the molecule is CCc1ccc(C#N)c(CC(C)C)c1C. The summed E-state index contributed by atoms with van der Waals surface area (Å²) >= 11 is 0. The van der Waals surface area contributed by atoms with Gasteiger partial charge in [0.2, 0.25) is 0 Å². The van der Waals surface area contributed by atoms with Gasteiger partial charge in [0.1, 0.15) is 0 Å². The van der Waals surface area contributed by atoms with E-state index in [1.807, 2.05) is 6.07 Å². The van der Waals surface area contributed by atoms with Gasteiger partial charge in [0.15, 0.2) is 0 Å². The van der Waals surface area contributed by atoms with Crippen LogP contribution < -0.4 is 0 Å². The van der Waals surface area contributed by atoms with E-state index in [1.54, 1.807) is 0 Å². The average molecular weight is 201 g/mol. The van der Waals surface area contributed by atoms with Crippen LogP contribution in [-0.2, 0) is 12.8 Å². The molecule has 0 saturated heterocycles. The molecule has 15 heavy (non-hydrogen) atoms. The van der Waals surface area contributed by atoms with Crippen LogP contribution in [0.1, 0.15) is 43.0 Å². The molecule has 0 heterocycles. The first-order chi connectivity index (χ1) is 7.10. The molecule has 0 spiro atoms. The Morgan fingerprint density at radius 3 is 2.47 bits per heavy atom. The van der Waals surface area contributed by atoms with Gasteiger partial charge in [-0.05, 0) is 48.4 Å². The van der Waals surface area contributed by atoms with E-state index in [9.17, 15) is 0 Å². The van der Waals surface area contributed by atoms with Gasteiger partial charge in [-0.1, -0.05) is 26.8 Å². The van der Waals surface area contributed by atoms with Crippen LogP contribution in [0.5, 0.6) is 0 Å². The lowest BCUT2D eigenvalue weighted by Gasteiger charge is -2.13. The zero-order valence-corrected chi connectivity index (χ0v) is 10.1. The van der Waals surface area contributed by atoms with E-state index in [2.05, 4.69) is 39.8 Å². The van der Waals surface area contributed by atoms with E-state index in [4.69, 9.17) is 5.26 Å². The molecule has 0 aromatic heterocycles. The number of nitrogens with zero attached hydrogens (tertiary/aromatic N) is 1. The lowest BCUT2D eigenvalue weighted by molar-refractivity contribution is 0.643. The van der Waals surface area contributed by atoms with Crippen molar-refractivity contribution < 1.29 is 0 Å². The predicted molar refractivity (Wildman–Crippen MR) is 63.8 cm³/mol. The third kappa shape index (κ3) is 2.59. The van der Waals surface area contributed by atoms with Gasteiger partial charge in [0.25, 0.3) is 0 Å². The highest BCUT2D eigenvalue weighted by atomic mass is 14.3. The second-order valence-electron chi connectivity index (χ2n) is 4.44. The highest BCUT2D eigenvalue weighted by Gasteiger charge is 2.10. The van der Waals surface area contributed by atoms with Gasteiger partial charge in [-0.2, -0.15) is 5.26 Å². The summed E-state index contributed by atoms with van der Waals surface area (Å²) in [6.45, 7) is 8.68. The van der Waals surface area contributed by atoms with E-state index >= 15 is 0 Å². The Morgan fingerprint density at radius 1 is 1.33 bits per heavy atom. The van der Waals surface area contributed by atoms with Gasteiger partial charge in [0, 0.05) is 0 Å². The first-order valence-electron chi connectivity index (χ1n) is 5.61. The van der Waals surface area contributed by atoms with Crippen LogP contribution in [-0.4, -0.2) is 0 Å². The highest BCUT2D eigenvalue weighted by Crippen LogP contribution is 2.21. The molecule has 1 aromatic carbocycles. The van der Waals surface area contributed by atoms with E-state index in [0.29, 0.717) is 5.92 Å². The van der Waals surface area contributed by atoms with E-state index in [1.165, 1.54) is 16.7 Å². The summed E-state index contributed by atoms with van der Waals surface area (Å²) in [6.07, 6.45) is 2.05. The normalized spacial score (nSPS) is 10.4. The number of benzene rings is 1. The average Bonchev–Trinajstić information content (AvgIpc) is 2.20. The third-order valence-electron chi connectivity index (χ3n) is 2.82. The zero-order chi connectivity index (χ0) is 11.4. The number of aryl methyl sites for hydroxylation is 1. The van der Waals surface area contributed by atoms with Gasteiger partial charge in [-0.25, -0.2) is 0 Å². The molecule has 1 nitrogen and oxygen atoms in total. The minimum absolute atomic E-state index is 0.600. The van der Waals surface area contributed by atoms with E-state index in [-0.39, 0.29) is 0 Å². The van der Waals surface area contributed by atoms with E-state index in [0.717, 1.165) is 18.4 Å². The van der Waals surface area contributed by atoms with Gasteiger partial charge in [0.05, 0.1) is 11.6 Å². The molecule has 0 aliphatic rings. The van der Waals surface area contributed by atoms with Crippen molar-refractivity contribution in [3.8, 4) is 6.07 Å². The highest BCUT2D eigenvalue weighted by molar-refractivity contribution is 5.46. The Labute approximate surface area is 92.7 Å². The molecule has 0 saturated carbocycles. The third-order valence-corrected chi connectivity index (χ3v) is 2.82. The second-order valence-corrected chi connectivity index (χ2v) is 4.44. The Bertz CT molecular complexity index is 383. The maximum Gasteiger partial charge on any atom is 0.0994 e. The molecule has 0 aliphatic heterocycles. The summed E-state index contributed by atoms with van der Waals surface area (Å²) in [5, 5.41) is 9.07. The zero-order valence-electron chi connectivity index (χ0n) is 10.1. The van der Waals surface area contributed by atoms with Crippen LogP contribution in [0.3, 0.4) is 0 Å². The molecule has 0 fully saturated rings.